The molecule has 15 heteroatoms. The molecule has 0 spiro atoms. The number of nitrogens with one attached hydrogen (secondary N) is 1. The van der Waals surface area contributed by atoms with E-state index in [1.54, 1.807) is 5.32 Å². The van der Waals surface area contributed by atoms with Gasteiger partial charge in [-0.15, -0.1) is 13.2 Å². The first-order valence-corrected chi connectivity index (χ1v) is 12.7. The zero-order valence-corrected chi connectivity index (χ0v) is 22.0. The molecule has 1 fully saturated rings. The number of hydrogen-bond acceptors (Lipinski definition) is 4. The van der Waals surface area contributed by atoms with Crippen LogP contribution in [-0.2, 0) is 22.6 Å². The Morgan fingerprint density at radius 1 is 1.00 bits per heavy atom. The summed E-state index contributed by atoms with van der Waals surface area (Å²) < 4.78 is 118. The van der Waals surface area contributed by atoms with Crippen molar-refractivity contribution in [1.29, 1.82) is 0 Å². The molecule has 0 unspecified atom stereocenters. The first kappa shape index (κ1) is 31.1. The average molecular weight is 607 g/mol. The molecule has 0 aliphatic carbocycles. The second-order valence-corrected chi connectivity index (χ2v) is 9.61. The maximum Gasteiger partial charge on any atom is 0.574 e. The van der Waals surface area contributed by atoms with Gasteiger partial charge in [-0.3, -0.25) is 9.59 Å². The number of aromatic nitrogens is 1. The largest absolute Gasteiger partial charge is 0.574 e. The standard InChI is InChI=1S/C27H25F8N3O4/c1-41-12-11-38-20-4-2-3-19(29)21(20)22(24(38)42-27(33,34)35)23(39)37-9-7-16(8-10-37)17-13-15(5-6-18(17)28)14-36-25(40)26(30,31)32/h2-6,13,16H,7-12,14H2,1H3,(H,36,40). The van der Waals surface area contributed by atoms with E-state index in [1.807, 2.05) is 0 Å². The van der Waals surface area contributed by atoms with Gasteiger partial charge in [0, 0.05) is 33.3 Å². The van der Waals surface area contributed by atoms with E-state index in [1.165, 1.54) is 36.3 Å². The molecule has 1 aliphatic heterocycles. The number of carbonyl (C=O) groups excluding carboxylic acids is 2. The Labute approximate surface area is 234 Å². The molecule has 1 N–H and O–H groups in total. The summed E-state index contributed by atoms with van der Waals surface area (Å²) in [6.45, 7) is -0.802. The molecule has 4 rings (SSSR count). The van der Waals surface area contributed by atoms with E-state index in [0.29, 0.717) is 0 Å². The van der Waals surface area contributed by atoms with Gasteiger partial charge in [-0.05, 0) is 48.1 Å². The van der Waals surface area contributed by atoms with E-state index in [2.05, 4.69) is 4.74 Å². The molecular formula is C27H25F8N3O4. The lowest BCUT2D eigenvalue weighted by Gasteiger charge is -2.32. The van der Waals surface area contributed by atoms with Crippen molar-refractivity contribution in [2.24, 2.45) is 0 Å². The second kappa shape index (κ2) is 12.2. The van der Waals surface area contributed by atoms with Gasteiger partial charge in [-0.1, -0.05) is 18.2 Å². The van der Waals surface area contributed by atoms with Crippen LogP contribution in [0.25, 0.3) is 10.9 Å². The lowest BCUT2D eigenvalue weighted by molar-refractivity contribution is -0.277. The Hall–Kier alpha value is -3.88. The van der Waals surface area contributed by atoms with Crippen molar-refractivity contribution in [3.63, 3.8) is 0 Å². The Morgan fingerprint density at radius 3 is 2.31 bits per heavy atom. The summed E-state index contributed by atoms with van der Waals surface area (Å²) >= 11 is 0. The topological polar surface area (TPSA) is 72.8 Å². The molecule has 1 aliphatic rings. The molecule has 2 heterocycles. The molecule has 2 amide bonds. The van der Waals surface area contributed by atoms with Crippen molar-refractivity contribution in [2.75, 3.05) is 26.8 Å². The first-order chi connectivity index (χ1) is 19.7. The third-order valence-electron chi connectivity index (χ3n) is 6.93. The highest BCUT2D eigenvalue weighted by Crippen LogP contribution is 2.39. The minimum atomic E-state index is -5.19. The first-order valence-electron chi connectivity index (χ1n) is 12.7. The number of methoxy groups -OCH3 is 1. The van der Waals surface area contributed by atoms with Gasteiger partial charge in [0.25, 0.3) is 5.91 Å². The molecule has 42 heavy (non-hydrogen) atoms. The van der Waals surface area contributed by atoms with Gasteiger partial charge in [0.15, 0.2) is 0 Å². The van der Waals surface area contributed by atoms with Crippen molar-refractivity contribution in [2.45, 2.75) is 44.4 Å². The van der Waals surface area contributed by atoms with Crippen LogP contribution in [-0.4, -0.2) is 60.6 Å². The van der Waals surface area contributed by atoms with Crippen molar-refractivity contribution in [1.82, 2.24) is 14.8 Å². The molecule has 1 saturated heterocycles. The van der Waals surface area contributed by atoms with E-state index in [-0.39, 0.29) is 61.1 Å². The molecule has 3 aromatic rings. The predicted molar refractivity (Wildman–Crippen MR) is 133 cm³/mol. The molecule has 0 atom stereocenters. The maximum atomic E-state index is 15.0. The van der Waals surface area contributed by atoms with Crippen LogP contribution in [0.1, 0.15) is 40.2 Å². The molecule has 0 saturated carbocycles. The lowest BCUT2D eigenvalue weighted by atomic mass is 9.88. The third-order valence-corrected chi connectivity index (χ3v) is 6.93. The third kappa shape index (κ3) is 6.77. The highest BCUT2D eigenvalue weighted by atomic mass is 19.4. The molecule has 228 valence electrons. The van der Waals surface area contributed by atoms with E-state index in [0.717, 1.165) is 16.7 Å². The number of likely N-dealkylation sites (tertiary alicyclic amines) is 1. The average Bonchev–Trinajstić information content (AvgIpc) is 3.22. The zero-order valence-electron chi connectivity index (χ0n) is 22.0. The number of carbonyl (C=O) groups is 2. The Bertz CT molecular complexity index is 1460. The number of amides is 2. The molecule has 0 bridgehead atoms. The van der Waals surface area contributed by atoms with Crippen LogP contribution in [0.5, 0.6) is 5.88 Å². The van der Waals surface area contributed by atoms with Gasteiger partial charge in [0.2, 0.25) is 5.88 Å². The number of piperidine rings is 1. The quantitative estimate of drug-likeness (QED) is 0.336. The zero-order chi connectivity index (χ0) is 30.8. The maximum absolute atomic E-state index is 15.0. The summed E-state index contributed by atoms with van der Waals surface area (Å²) in [6, 6.07) is 7.26. The van der Waals surface area contributed by atoms with Gasteiger partial charge in [-0.25, -0.2) is 8.78 Å². The highest BCUT2D eigenvalue weighted by Gasteiger charge is 2.40. The van der Waals surface area contributed by atoms with Crippen molar-refractivity contribution in [3.8, 4) is 5.88 Å². The van der Waals surface area contributed by atoms with E-state index in [4.69, 9.17) is 4.74 Å². The molecule has 2 aromatic carbocycles. The van der Waals surface area contributed by atoms with Crippen LogP contribution in [0.3, 0.4) is 0 Å². The summed E-state index contributed by atoms with van der Waals surface area (Å²) in [7, 11) is 1.32. The summed E-state index contributed by atoms with van der Waals surface area (Å²) in [5, 5.41) is 1.36. The minimum absolute atomic E-state index is 0.000959. The summed E-state index contributed by atoms with van der Waals surface area (Å²) in [5.74, 6) is -6.00. The van der Waals surface area contributed by atoms with Crippen LogP contribution in [0.2, 0.25) is 0 Å². The number of hydrogen-bond donors (Lipinski definition) is 1. The van der Waals surface area contributed by atoms with Gasteiger partial charge >= 0.3 is 18.4 Å². The second-order valence-electron chi connectivity index (χ2n) is 9.61. The Morgan fingerprint density at radius 2 is 1.69 bits per heavy atom. The van der Waals surface area contributed by atoms with E-state index >= 15 is 0 Å². The van der Waals surface area contributed by atoms with Crippen LogP contribution in [0.4, 0.5) is 35.1 Å². The van der Waals surface area contributed by atoms with Crippen molar-refractivity contribution < 1.29 is 54.2 Å². The fraction of sp³-hybridized carbons (Fsp3) is 0.407. The van der Waals surface area contributed by atoms with E-state index in [9.17, 15) is 44.7 Å². The van der Waals surface area contributed by atoms with Gasteiger partial charge in [-0.2, -0.15) is 13.2 Å². The summed E-state index contributed by atoms with van der Waals surface area (Å²) in [4.78, 5) is 25.9. The molecular weight excluding hydrogens is 582 g/mol. The predicted octanol–water partition coefficient (Wildman–Crippen LogP) is 5.66. The van der Waals surface area contributed by atoms with Crippen LogP contribution in [0.15, 0.2) is 36.4 Å². The lowest BCUT2D eigenvalue weighted by Crippen LogP contribution is -2.38. The fourth-order valence-electron chi connectivity index (χ4n) is 5.01. The normalized spacial score (nSPS) is 14.8. The SMILES string of the molecule is COCCn1c(OC(F)(F)F)c(C(=O)N2CCC(c3cc(CNC(=O)C(F)(F)F)ccc3F)CC2)c2c(F)cccc21. The summed E-state index contributed by atoms with van der Waals surface area (Å²) in [5.41, 5.74) is -0.232. The van der Waals surface area contributed by atoms with Crippen molar-refractivity contribution >= 4 is 22.7 Å². The molecule has 1 aromatic heterocycles. The Kier molecular flexibility index (Phi) is 8.99. The van der Waals surface area contributed by atoms with Crippen LogP contribution in [0, 0.1) is 11.6 Å². The van der Waals surface area contributed by atoms with Crippen LogP contribution < -0.4 is 10.1 Å². The highest BCUT2D eigenvalue weighted by molar-refractivity contribution is 6.10. The number of nitrogens with zero attached hydrogens (tertiary/aromatic N) is 2. The van der Waals surface area contributed by atoms with Crippen LogP contribution >= 0.6 is 0 Å². The van der Waals surface area contributed by atoms with Gasteiger partial charge < -0.3 is 24.3 Å². The summed E-state index contributed by atoms with van der Waals surface area (Å²) in [6.07, 6.45) is -9.96. The van der Waals surface area contributed by atoms with Gasteiger partial charge in [0.1, 0.15) is 17.2 Å². The minimum Gasteiger partial charge on any atom is -0.389 e. The Balaban J connectivity index is 1.58. The van der Waals surface area contributed by atoms with Crippen molar-refractivity contribution in [3.05, 3.63) is 64.7 Å². The molecule has 7 nitrogen and oxygen atoms in total. The van der Waals surface area contributed by atoms with E-state index < -0.39 is 59.9 Å². The number of rotatable bonds is 8. The number of fused-ring (bicyclic) bond motifs is 1. The number of ether oxygens (including phenoxy) is 2. The van der Waals surface area contributed by atoms with Gasteiger partial charge in [0.05, 0.1) is 17.5 Å². The number of halogens is 8. The number of alkyl halides is 6. The number of benzene rings is 2. The molecule has 0 radical (unpaired) electrons. The smallest absolute Gasteiger partial charge is 0.389 e. The fourth-order valence-corrected chi connectivity index (χ4v) is 5.01. The monoisotopic (exact) mass is 607 g/mol.